The summed E-state index contributed by atoms with van der Waals surface area (Å²) in [5, 5.41) is 1.23. The largest absolute Gasteiger partial charge is 0.313 e. The Hall–Kier alpha value is -1.35. The molecule has 3 heteroatoms. The van der Waals surface area contributed by atoms with Crippen molar-refractivity contribution in [1.82, 2.24) is 9.38 Å². The van der Waals surface area contributed by atoms with Crippen LogP contribution in [0.1, 0.15) is 0 Å². The average Bonchev–Trinajstić information content (AvgIpc) is 2.54. The SMILES string of the molecule is Brc1ccc2c(c1)cc1cnccn12. The second kappa shape index (κ2) is 2.82. The van der Waals surface area contributed by atoms with E-state index in [9.17, 15) is 0 Å². The number of nitrogens with zero attached hydrogens (tertiary/aromatic N) is 2. The zero-order valence-corrected chi connectivity index (χ0v) is 8.90. The third kappa shape index (κ3) is 1.06. The average molecular weight is 247 g/mol. The minimum absolute atomic E-state index is 1.11. The molecular weight excluding hydrogens is 240 g/mol. The van der Waals surface area contributed by atoms with Gasteiger partial charge in [-0.2, -0.15) is 0 Å². The lowest BCUT2D eigenvalue weighted by atomic mass is 10.2. The second-order valence-electron chi connectivity index (χ2n) is 3.22. The third-order valence-electron chi connectivity index (χ3n) is 2.34. The summed E-state index contributed by atoms with van der Waals surface area (Å²) in [6.45, 7) is 0. The number of hydrogen-bond donors (Lipinski definition) is 0. The smallest absolute Gasteiger partial charge is 0.0645 e. The van der Waals surface area contributed by atoms with Crippen molar-refractivity contribution in [2.24, 2.45) is 0 Å². The van der Waals surface area contributed by atoms with E-state index < -0.39 is 0 Å². The van der Waals surface area contributed by atoms with E-state index in [0.717, 1.165) is 9.99 Å². The van der Waals surface area contributed by atoms with Gasteiger partial charge in [0.15, 0.2) is 0 Å². The molecule has 0 radical (unpaired) electrons. The van der Waals surface area contributed by atoms with E-state index in [-0.39, 0.29) is 0 Å². The van der Waals surface area contributed by atoms with Gasteiger partial charge in [0.05, 0.1) is 17.2 Å². The Kier molecular flexibility index (Phi) is 1.61. The monoisotopic (exact) mass is 246 g/mol. The molecule has 0 aliphatic rings. The van der Waals surface area contributed by atoms with Crippen molar-refractivity contribution in [3.8, 4) is 0 Å². The molecule has 2 heterocycles. The number of halogens is 1. The zero-order chi connectivity index (χ0) is 9.54. The van der Waals surface area contributed by atoms with Gasteiger partial charge in [-0.1, -0.05) is 15.9 Å². The van der Waals surface area contributed by atoms with E-state index in [4.69, 9.17) is 0 Å². The molecule has 1 aromatic carbocycles. The van der Waals surface area contributed by atoms with Crippen LogP contribution in [0.25, 0.3) is 16.4 Å². The van der Waals surface area contributed by atoms with Crippen molar-refractivity contribution >= 4 is 32.3 Å². The Morgan fingerprint density at radius 2 is 2.14 bits per heavy atom. The van der Waals surface area contributed by atoms with Crippen LogP contribution < -0.4 is 0 Å². The van der Waals surface area contributed by atoms with Crippen molar-refractivity contribution in [2.75, 3.05) is 0 Å². The highest BCUT2D eigenvalue weighted by Gasteiger charge is 2.01. The zero-order valence-electron chi connectivity index (χ0n) is 7.31. The molecule has 3 rings (SSSR count). The van der Waals surface area contributed by atoms with E-state index in [1.165, 1.54) is 10.9 Å². The molecule has 0 N–H and O–H groups in total. The van der Waals surface area contributed by atoms with Crippen molar-refractivity contribution in [2.45, 2.75) is 0 Å². The lowest BCUT2D eigenvalue weighted by Crippen LogP contribution is -1.82. The van der Waals surface area contributed by atoms with Gasteiger partial charge in [0, 0.05) is 22.3 Å². The summed E-state index contributed by atoms with van der Waals surface area (Å²) < 4.78 is 3.24. The highest BCUT2D eigenvalue weighted by atomic mass is 79.9. The Balaban J connectivity index is 2.57. The van der Waals surface area contributed by atoms with Gasteiger partial charge in [-0.3, -0.25) is 4.98 Å². The lowest BCUT2D eigenvalue weighted by Gasteiger charge is -1.95. The van der Waals surface area contributed by atoms with E-state index >= 15 is 0 Å². The molecule has 0 amide bonds. The minimum Gasteiger partial charge on any atom is -0.313 e. The molecular formula is C11H7BrN2. The van der Waals surface area contributed by atoms with E-state index in [0.29, 0.717) is 0 Å². The quantitative estimate of drug-likeness (QED) is 0.596. The fourth-order valence-corrected chi connectivity index (χ4v) is 2.10. The number of benzene rings is 1. The summed E-state index contributed by atoms with van der Waals surface area (Å²) in [5.41, 5.74) is 2.34. The molecule has 0 saturated heterocycles. The molecule has 68 valence electrons. The number of fused-ring (bicyclic) bond motifs is 3. The van der Waals surface area contributed by atoms with Crippen LogP contribution in [-0.4, -0.2) is 9.38 Å². The molecule has 0 saturated carbocycles. The number of aromatic nitrogens is 2. The first-order valence-corrected chi connectivity index (χ1v) is 5.14. The van der Waals surface area contributed by atoms with Crippen LogP contribution in [0.2, 0.25) is 0 Å². The fraction of sp³-hybridized carbons (Fsp3) is 0. The van der Waals surface area contributed by atoms with Crippen molar-refractivity contribution in [1.29, 1.82) is 0 Å². The first-order valence-electron chi connectivity index (χ1n) is 4.35. The van der Waals surface area contributed by atoms with Gasteiger partial charge < -0.3 is 4.40 Å². The second-order valence-corrected chi connectivity index (χ2v) is 4.13. The molecule has 0 bridgehead atoms. The van der Waals surface area contributed by atoms with Crippen LogP contribution in [0.15, 0.2) is 47.3 Å². The van der Waals surface area contributed by atoms with E-state index in [2.05, 4.69) is 49.6 Å². The molecule has 2 aromatic heterocycles. The molecule has 0 unspecified atom stereocenters. The highest BCUT2D eigenvalue weighted by molar-refractivity contribution is 9.10. The van der Waals surface area contributed by atoms with Gasteiger partial charge in [-0.05, 0) is 24.3 Å². The van der Waals surface area contributed by atoms with Crippen molar-refractivity contribution in [3.05, 3.63) is 47.3 Å². The topological polar surface area (TPSA) is 17.3 Å². The van der Waals surface area contributed by atoms with E-state index in [1.807, 2.05) is 12.4 Å². The predicted molar refractivity (Wildman–Crippen MR) is 60.4 cm³/mol. The highest BCUT2D eigenvalue weighted by Crippen LogP contribution is 2.22. The van der Waals surface area contributed by atoms with Crippen LogP contribution >= 0.6 is 15.9 Å². The minimum atomic E-state index is 1.11. The van der Waals surface area contributed by atoms with E-state index in [1.54, 1.807) is 6.20 Å². The third-order valence-corrected chi connectivity index (χ3v) is 2.83. The van der Waals surface area contributed by atoms with Crippen LogP contribution in [-0.2, 0) is 0 Å². The summed E-state index contributed by atoms with van der Waals surface area (Å²) in [5.74, 6) is 0. The van der Waals surface area contributed by atoms with Crippen LogP contribution in [0, 0.1) is 0 Å². The maximum absolute atomic E-state index is 4.10. The fourth-order valence-electron chi connectivity index (χ4n) is 1.72. The first kappa shape index (κ1) is 8.00. The first-order chi connectivity index (χ1) is 6.84. The van der Waals surface area contributed by atoms with Gasteiger partial charge >= 0.3 is 0 Å². The number of hydrogen-bond acceptors (Lipinski definition) is 1. The van der Waals surface area contributed by atoms with Gasteiger partial charge in [-0.25, -0.2) is 0 Å². The molecule has 3 aromatic rings. The molecule has 0 aliphatic carbocycles. The molecule has 0 aliphatic heterocycles. The molecule has 0 fully saturated rings. The number of rotatable bonds is 0. The predicted octanol–water partition coefficient (Wildman–Crippen LogP) is 3.25. The summed E-state index contributed by atoms with van der Waals surface area (Å²) in [6.07, 6.45) is 5.65. The Labute approximate surface area is 89.3 Å². The van der Waals surface area contributed by atoms with Crippen molar-refractivity contribution in [3.63, 3.8) is 0 Å². The van der Waals surface area contributed by atoms with Crippen LogP contribution in [0.5, 0.6) is 0 Å². The molecule has 14 heavy (non-hydrogen) atoms. The summed E-state index contributed by atoms with van der Waals surface area (Å²) in [4.78, 5) is 4.10. The van der Waals surface area contributed by atoms with Gasteiger partial charge in [0.1, 0.15) is 0 Å². The van der Waals surface area contributed by atoms with Gasteiger partial charge in [0.25, 0.3) is 0 Å². The summed E-state index contributed by atoms with van der Waals surface area (Å²) in [7, 11) is 0. The standard InChI is InChI=1S/C11H7BrN2/c12-9-1-2-11-8(5-9)6-10-7-13-3-4-14(10)11/h1-7H. The van der Waals surface area contributed by atoms with Crippen LogP contribution in [0.4, 0.5) is 0 Å². The Morgan fingerprint density at radius 1 is 1.21 bits per heavy atom. The van der Waals surface area contributed by atoms with Crippen LogP contribution in [0.3, 0.4) is 0 Å². The maximum Gasteiger partial charge on any atom is 0.0645 e. The van der Waals surface area contributed by atoms with Gasteiger partial charge in [-0.15, -0.1) is 0 Å². The molecule has 2 nitrogen and oxygen atoms in total. The Bertz CT molecular complexity index is 613. The molecule has 0 atom stereocenters. The van der Waals surface area contributed by atoms with Crippen molar-refractivity contribution < 1.29 is 0 Å². The summed E-state index contributed by atoms with van der Waals surface area (Å²) >= 11 is 3.46. The normalized spacial score (nSPS) is 11.2. The molecule has 0 spiro atoms. The lowest BCUT2D eigenvalue weighted by molar-refractivity contribution is 1.18. The van der Waals surface area contributed by atoms with Gasteiger partial charge in [0.2, 0.25) is 0 Å². The summed E-state index contributed by atoms with van der Waals surface area (Å²) in [6, 6.07) is 8.40. The maximum atomic E-state index is 4.10. The Morgan fingerprint density at radius 3 is 3.07 bits per heavy atom.